The highest BCUT2D eigenvalue weighted by molar-refractivity contribution is 6.35. The van der Waals surface area contributed by atoms with Crippen LogP contribution in [-0.4, -0.2) is 38.8 Å². The van der Waals surface area contributed by atoms with E-state index in [0.717, 1.165) is 5.69 Å². The Labute approximate surface area is 194 Å². The Hall–Kier alpha value is -3.65. The van der Waals surface area contributed by atoms with Crippen LogP contribution in [0.1, 0.15) is 23.0 Å². The number of ether oxygens (including phenoxy) is 1. The summed E-state index contributed by atoms with van der Waals surface area (Å²) in [5.41, 5.74) is 2.80. The number of benzene rings is 2. The molecule has 0 aliphatic carbocycles. The van der Waals surface area contributed by atoms with Gasteiger partial charge in [0.15, 0.2) is 0 Å². The zero-order chi connectivity index (χ0) is 23.5. The molecule has 0 fully saturated rings. The lowest BCUT2D eigenvalue weighted by atomic mass is 10.1. The summed E-state index contributed by atoms with van der Waals surface area (Å²) in [5, 5.41) is 13.8. The van der Waals surface area contributed by atoms with Gasteiger partial charge in [0.2, 0.25) is 0 Å². The maximum atomic E-state index is 14.4. The van der Waals surface area contributed by atoms with Crippen molar-refractivity contribution < 1.29 is 19.0 Å². The summed E-state index contributed by atoms with van der Waals surface area (Å²) in [6.45, 7) is 5.05. The van der Waals surface area contributed by atoms with Crippen LogP contribution in [0.3, 0.4) is 0 Å². The van der Waals surface area contributed by atoms with Crippen molar-refractivity contribution in [1.82, 2.24) is 14.5 Å². The predicted molar refractivity (Wildman–Crippen MR) is 126 cm³/mol. The number of nitrogens with zero attached hydrogens (tertiary/aromatic N) is 3. The molecular formula is C24H22ClFN4O3. The van der Waals surface area contributed by atoms with Crippen LogP contribution in [0.25, 0.3) is 22.2 Å². The number of anilines is 1. The number of rotatable bonds is 8. The van der Waals surface area contributed by atoms with Gasteiger partial charge >= 0.3 is 5.97 Å². The fraction of sp³-hybridized carbons (Fsp3) is 0.208. The Morgan fingerprint density at radius 1 is 1.21 bits per heavy atom. The maximum Gasteiger partial charge on any atom is 0.339 e. The molecule has 2 heterocycles. The highest BCUT2D eigenvalue weighted by atomic mass is 35.5. The van der Waals surface area contributed by atoms with Gasteiger partial charge in [-0.2, -0.15) is 0 Å². The van der Waals surface area contributed by atoms with E-state index in [1.165, 1.54) is 18.5 Å². The average molecular weight is 469 g/mol. The fourth-order valence-electron chi connectivity index (χ4n) is 3.76. The van der Waals surface area contributed by atoms with E-state index in [9.17, 15) is 14.3 Å². The second-order valence-electron chi connectivity index (χ2n) is 7.39. The average Bonchev–Trinajstić information content (AvgIpc) is 3.14. The van der Waals surface area contributed by atoms with E-state index < -0.39 is 5.97 Å². The number of nitrogens with one attached hydrogen (secondary N) is 1. The lowest BCUT2D eigenvalue weighted by molar-refractivity contribution is 0.0692. The van der Waals surface area contributed by atoms with Crippen molar-refractivity contribution in [3.8, 4) is 17.0 Å². The van der Waals surface area contributed by atoms with Crippen molar-refractivity contribution >= 4 is 34.3 Å². The monoisotopic (exact) mass is 468 g/mol. The molecule has 0 saturated heterocycles. The van der Waals surface area contributed by atoms with Gasteiger partial charge in [-0.15, -0.1) is 0 Å². The molecule has 4 aromatic rings. The number of hydrogen-bond donors (Lipinski definition) is 2. The molecule has 0 aliphatic rings. The first-order valence-corrected chi connectivity index (χ1v) is 10.8. The number of halogens is 2. The van der Waals surface area contributed by atoms with Crippen LogP contribution < -0.4 is 10.1 Å². The third-order valence-corrected chi connectivity index (χ3v) is 5.61. The molecule has 0 spiro atoms. The van der Waals surface area contributed by atoms with Gasteiger partial charge in [0.25, 0.3) is 0 Å². The zero-order valence-corrected chi connectivity index (χ0v) is 18.9. The number of aromatic carboxylic acids is 1. The van der Waals surface area contributed by atoms with Gasteiger partial charge in [0.05, 0.1) is 22.8 Å². The normalized spacial score (nSPS) is 11.0. The van der Waals surface area contributed by atoms with E-state index in [1.807, 2.05) is 17.6 Å². The maximum absolute atomic E-state index is 14.4. The lowest BCUT2D eigenvalue weighted by Gasteiger charge is -2.12. The van der Waals surface area contributed by atoms with Gasteiger partial charge in [0, 0.05) is 35.8 Å². The third-order valence-electron chi connectivity index (χ3n) is 5.28. The van der Waals surface area contributed by atoms with Crippen LogP contribution in [0.4, 0.5) is 10.2 Å². The smallest absolute Gasteiger partial charge is 0.339 e. The van der Waals surface area contributed by atoms with E-state index in [-0.39, 0.29) is 17.1 Å². The van der Waals surface area contributed by atoms with Crippen molar-refractivity contribution in [1.29, 1.82) is 0 Å². The van der Waals surface area contributed by atoms with Crippen LogP contribution in [0.5, 0.6) is 5.75 Å². The van der Waals surface area contributed by atoms with E-state index in [4.69, 9.17) is 16.3 Å². The summed E-state index contributed by atoms with van der Waals surface area (Å²) >= 11 is 6.22. The topological polar surface area (TPSA) is 89.3 Å². The van der Waals surface area contributed by atoms with E-state index in [1.54, 1.807) is 31.2 Å². The highest BCUT2D eigenvalue weighted by Crippen LogP contribution is 2.30. The molecule has 170 valence electrons. The van der Waals surface area contributed by atoms with Crippen LogP contribution in [0, 0.1) is 12.7 Å². The summed E-state index contributed by atoms with van der Waals surface area (Å²) in [7, 11) is 0. The molecule has 7 nitrogen and oxygen atoms in total. The van der Waals surface area contributed by atoms with Gasteiger partial charge in [-0.1, -0.05) is 17.7 Å². The minimum atomic E-state index is -1.06. The van der Waals surface area contributed by atoms with Crippen molar-refractivity contribution in [2.24, 2.45) is 0 Å². The van der Waals surface area contributed by atoms with Crippen LogP contribution in [-0.2, 0) is 6.54 Å². The first-order valence-electron chi connectivity index (χ1n) is 10.4. The largest absolute Gasteiger partial charge is 0.493 e. The molecule has 0 radical (unpaired) electrons. The summed E-state index contributed by atoms with van der Waals surface area (Å²) in [5.74, 6) is -0.499. The summed E-state index contributed by atoms with van der Waals surface area (Å²) in [6, 6.07) is 11.4. The SMILES string of the molecule is CCOc1cc(-c2cc(NCCn3c(C)cc4c(Cl)ccc(F)c43)ncn2)ccc1C(=O)O. The Morgan fingerprint density at radius 3 is 2.79 bits per heavy atom. The van der Waals surface area contributed by atoms with E-state index >= 15 is 0 Å². The first-order chi connectivity index (χ1) is 15.9. The Morgan fingerprint density at radius 2 is 2.03 bits per heavy atom. The Kier molecular flexibility index (Phi) is 6.46. The predicted octanol–water partition coefficient (Wildman–Crippen LogP) is 5.41. The number of carboxylic acids is 1. The standard InChI is InChI=1S/C24H22ClFN4O3/c1-3-33-21-11-15(4-5-16(21)24(31)32)20-12-22(29-13-28-20)27-8-9-30-14(2)10-17-18(25)6-7-19(26)23(17)30/h4-7,10-13H,3,8-9H2,1-2H3,(H,31,32)(H,27,28,29). The number of carbonyl (C=O) groups is 1. The molecule has 0 saturated carbocycles. The fourth-order valence-corrected chi connectivity index (χ4v) is 3.97. The molecule has 0 amide bonds. The first kappa shape index (κ1) is 22.5. The van der Waals surface area contributed by atoms with Crippen LogP contribution in [0.2, 0.25) is 5.02 Å². The van der Waals surface area contributed by atoms with E-state index in [2.05, 4.69) is 15.3 Å². The van der Waals surface area contributed by atoms with E-state index in [0.29, 0.717) is 52.7 Å². The molecular weight excluding hydrogens is 447 g/mol. The number of carboxylic acid groups (broad SMARTS) is 1. The molecule has 2 N–H and O–H groups in total. The van der Waals surface area contributed by atoms with Gasteiger partial charge in [0.1, 0.15) is 29.3 Å². The summed E-state index contributed by atoms with van der Waals surface area (Å²) in [6.07, 6.45) is 1.43. The second-order valence-corrected chi connectivity index (χ2v) is 7.80. The van der Waals surface area contributed by atoms with Gasteiger partial charge < -0.3 is 19.7 Å². The number of aryl methyl sites for hydroxylation is 1. The Bertz CT molecular complexity index is 1340. The Balaban J connectivity index is 1.53. The number of aromatic nitrogens is 3. The molecule has 0 bridgehead atoms. The molecule has 0 aliphatic heterocycles. The van der Waals surface area contributed by atoms with Crippen molar-refractivity contribution in [2.75, 3.05) is 18.5 Å². The summed E-state index contributed by atoms with van der Waals surface area (Å²) in [4.78, 5) is 20.0. The summed E-state index contributed by atoms with van der Waals surface area (Å²) < 4.78 is 21.8. The van der Waals surface area contributed by atoms with Crippen molar-refractivity contribution in [3.63, 3.8) is 0 Å². The highest BCUT2D eigenvalue weighted by Gasteiger charge is 2.15. The third kappa shape index (κ3) is 4.61. The van der Waals surface area contributed by atoms with Crippen LogP contribution in [0.15, 0.2) is 48.8 Å². The molecule has 2 aromatic carbocycles. The van der Waals surface area contributed by atoms with Crippen molar-refractivity contribution in [3.05, 3.63) is 70.9 Å². The van der Waals surface area contributed by atoms with Crippen LogP contribution >= 0.6 is 11.6 Å². The van der Waals surface area contributed by atoms with Gasteiger partial charge in [-0.3, -0.25) is 0 Å². The number of hydrogen-bond acceptors (Lipinski definition) is 5. The molecule has 0 atom stereocenters. The molecule has 0 unspecified atom stereocenters. The second kappa shape index (κ2) is 9.46. The quantitative estimate of drug-likeness (QED) is 0.359. The zero-order valence-electron chi connectivity index (χ0n) is 18.1. The number of fused-ring (bicyclic) bond motifs is 1. The minimum Gasteiger partial charge on any atom is -0.493 e. The van der Waals surface area contributed by atoms with Gasteiger partial charge in [-0.25, -0.2) is 19.2 Å². The molecule has 33 heavy (non-hydrogen) atoms. The lowest BCUT2D eigenvalue weighted by Crippen LogP contribution is -2.13. The minimum absolute atomic E-state index is 0.0923. The van der Waals surface area contributed by atoms with Gasteiger partial charge in [-0.05, 0) is 44.2 Å². The molecule has 9 heteroatoms. The molecule has 4 rings (SSSR count). The van der Waals surface area contributed by atoms with Crippen molar-refractivity contribution in [2.45, 2.75) is 20.4 Å². The molecule has 2 aromatic heterocycles.